The number of carbonyl (C=O) groups excluding carboxylic acids is 2. The van der Waals surface area contributed by atoms with Crippen LogP contribution >= 0.6 is 12.6 Å². The SMILES string of the molecule is CC(C)C[C@H](S)C(=O)NC1(C(=O)N[C@@H](Cc2ccc3c(c2)oc2ccccc23)C(=O)O)CCCC1. The minimum Gasteiger partial charge on any atom is -0.480 e. The monoisotopic (exact) mass is 496 g/mol. The Balaban J connectivity index is 1.50. The first-order valence-electron chi connectivity index (χ1n) is 12.1. The molecule has 1 aliphatic carbocycles. The molecule has 0 unspecified atom stereocenters. The van der Waals surface area contributed by atoms with Crippen molar-refractivity contribution < 1.29 is 23.9 Å². The number of rotatable bonds is 9. The molecule has 2 amide bonds. The number of fused-ring (bicyclic) bond motifs is 3. The molecule has 1 saturated carbocycles. The van der Waals surface area contributed by atoms with Crippen molar-refractivity contribution in [2.45, 2.75) is 69.2 Å². The summed E-state index contributed by atoms with van der Waals surface area (Å²) in [5.74, 6) is -1.58. The number of nitrogens with one attached hydrogen (secondary N) is 2. The van der Waals surface area contributed by atoms with Crippen LogP contribution in [0, 0.1) is 5.92 Å². The van der Waals surface area contributed by atoms with Gasteiger partial charge in [-0.2, -0.15) is 12.6 Å². The summed E-state index contributed by atoms with van der Waals surface area (Å²) in [4.78, 5) is 38.2. The molecule has 7 nitrogen and oxygen atoms in total. The highest BCUT2D eigenvalue weighted by Gasteiger charge is 2.44. The third-order valence-electron chi connectivity index (χ3n) is 6.74. The van der Waals surface area contributed by atoms with Gasteiger partial charge in [-0.3, -0.25) is 9.59 Å². The van der Waals surface area contributed by atoms with Crippen molar-refractivity contribution in [1.82, 2.24) is 10.6 Å². The Bertz CT molecular complexity index is 1240. The number of carbonyl (C=O) groups is 3. The quantitative estimate of drug-likeness (QED) is 0.327. The van der Waals surface area contributed by atoms with Crippen LogP contribution in [0.3, 0.4) is 0 Å². The van der Waals surface area contributed by atoms with Gasteiger partial charge in [-0.25, -0.2) is 4.79 Å². The molecular weight excluding hydrogens is 464 g/mol. The molecule has 4 rings (SSSR count). The van der Waals surface area contributed by atoms with E-state index in [-0.39, 0.29) is 18.2 Å². The van der Waals surface area contributed by atoms with Crippen molar-refractivity contribution >= 4 is 52.4 Å². The maximum Gasteiger partial charge on any atom is 0.326 e. The second kappa shape index (κ2) is 10.3. The van der Waals surface area contributed by atoms with Crippen LogP contribution in [0.4, 0.5) is 0 Å². The summed E-state index contributed by atoms with van der Waals surface area (Å²) in [5.41, 5.74) is 1.07. The van der Waals surface area contributed by atoms with Crippen LogP contribution < -0.4 is 10.6 Å². The van der Waals surface area contributed by atoms with Crippen LogP contribution in [-0.2, 0) is 20.8 Å². The molecule has 3 N–H and O–H groups in total. The zero-order chi connectivity index (χ0) is 25.2. The maximum absolute atomic E-state index is 13.3. The number of carboxylic acids is 1. The average molecular weight is 497 g/mol. The molecule has 1 aliphatic rings. The van der Waals surface area contributed by atoms with Crippen molar-refractivity contribution in [1.29, 1.82) is 0 Å². The fourth-order valence-corrected chi connectivity index (χ4v) is 5.38. The van der Waals surface area contributed by atoms with Crippen LogP contribution in [0.2, 0.25) is 0 Å². The van der Waals surface area contributed by atoms with Crippen LogP contribution in [0.15, 0.2) is 46.9 Å². The van der Waals surface area contributed by atoms with Gasteiger partial charge < -0.3 is 20.2 Å². The van der Waals surface area contributed by atoms with Gasteiger partial charge in [0.05, 0.1) is 5.25 Å². The highest BCUT2D eigenvalue weighted by Crippen LogP contribution is 2.32. The lowest BCUT2D eigenvalue weighted by Crippen LogP contribution is -2.61. The molecule has 0 saturated heterocycles. The number of thiol groups is 1. The third-order valence-corrected chi connectivity index (χ3v) is 7.18. The molecular formula is C27H32N2O5S. The van der Waals surface area contributed by atoms with Crippen LogP contribution in [0.25, 0.3) is 21.9 Å². The van der Waals surface area contributed by atoms with E-state index < -0.39 is 28.7 Å². The number of benzene rings is 2. The summed E-state index contributed by atoms with van der Waals surface area (Å²) in [6.45, 7) is 4.02. The van der Waals surface area contributed by atoms with Gasteiger partial charge in [0.25, 0.3) is 0 Å². The molecule has 0 aliphatic heterocycles. The Morgan fingerprint density at radius 1 is 1.06 bits per heavy atom. The van der Waals surface area contributed by atoms with E-state index in [1.165, 1.54) is 0 Å². The lowest BCUT2D eigenvalue weighted by Gasteiger charge is -2.31. The Morgan fingerprint density at radius 3 is 2.43 bits per heavy atom. The first kappa shape index (κ1) is 25.1. The smallest absolute Gasteiger partial charge is 0.326 e. The molecule has 2 aromatic carbocycles. The van der Waals surface area contributed by atoms with E-state index >= 15 is 0 Å². The third kappa shape index (κ3) is 5.48. The van der Waals surface area contributed by atoms with Gasteiger partial charge >= 0.3 is 5.97 Å². The molecule has 1 aromatic heterocycles. The second-order valence-corrected chi connectivity index (χ2v) is 10.5. The summed E-state index contributed by atoms with van der Waals surface area (Å²) in [6, 6.07) is 12.2. The highest BCUT2D eigenvalue weighted by molar-refractivity contribution is 7.81. The van der Waals surface area contributed by atoms with Crippen molar-refractivity contribution in [3.05, 3.63) is 48.0 Å². The van der Waals surface area contributed by atoms with Gasteiger partial charge in [-0.05, 0) is 42.9 Å². The van der Waals surface area contributed by atoms with Crippen LogP contribution in [0.1, 0.15) is 51.5 Å². The van der Waals surface area contributed by atoms with Gasteiger partial charge in [-0.1, -0.05) is 57.0 Å². The van der Waals surface area contributed by atoms with E-state index in [1.807, 2.05) is 56.3 Å². The number of aliphatic carboxylic acids is 1. The Kier molecular flexibility index (Phi) is 7.40. The lowest BCUT2D eigenvalue weighted by atomic mass is 9.94. The average Bonchev–Trinajstić information content (AvgIpc) is 3.43. The van der Waals surface area contributed by atoms with Crippen molar-refractivity contribution in [3.63, 3.8) is 0 Å². The highest BCUT2D eigenvalue weighted by atomic mass is 32.1. The zero-order valence-electron chi connectivity index (χ0n) is 20.0. The summed E-state index contributed by atoms with van der Waals surface area (Å²) in [6.07, 6.45) is 3.22. The predicted octanol–water partition coefficient (Wildman–Crippen LogP) is 4.47. The first-order valence-corrected chi connectivity index (χ1v) is 12.6. The van der Waals surface area contributed by atoms with Gasteiger partial charge in [0.2, 0.25) is 11.8 Å². The second-order valence-electron chi connectivity index (χ2n) is 9.92. The molecule has 186 valence electrons. The number of carboxylic acid groups (broad SMARTS) is 1. The van der Waals surface area contributed by atoms with E-state index in [1.54, 1.807) is 0 Å². The summed E-state index contributed by atoms with van der Waals surface area (Å²) >= 11 is 4.41. The van der Waals surface area contributed by atoms with Gasteiger partial charge in [-0.15, -0.1) is 0 Å². The van der Waals surface area contributed by atoms with Gasteiger partial charge in [0, 0.05) is 17.2 Å². The number of para-hydroxylation sites is 1. The normalized spacial score (nSPS) is 16.9. The van der Waals surface area contributed by atoms with E-state index in [4.69, 9.17) is 4.42 Å². The summed E-state index contributed by atoms with van der Waals surface area (Å²) in [5, 5.41) is 16.9. The summed E-state index contributed by atoms with van der Waals surface area (Å²) < 4.78 is 5.92. The standard InChI is InChI=1S/C27H32N2O5S/c1-16(2)13-23(35)24(30)29-27(11-5-6-12-27)26(33)28-20(25(31)32)14-17-9-10-19-18-7-3-4-8-21(18)34-22(19)15-17/h3-4,7-10,15-16,20,23,35H,5-6,11-14H2,1-2H3,(H,28,33)(H,29,30)(H,31,32)/t20-,23-/m0/s1. The Labute approximate surface area is 210 Å². The number of hydrogen-bond acceptors (Lipinski definition) is 5. The molecule has 0 spiro atoms. The minimum absolute atomic E-state index is 0.0978. The van der Waals surface area contributed by atoms with Gasteiger partial charge in [0.15, 0.2) is 0 Å². The molecule has 0 bridgehead atoms. The maximum atomic E-state index is 13.3. The number of hydrogen-bond donors (Lipinski definition) is 4. The minimum atomic E-state index is -1.14. The van der Waals surface area contributed by atoms with Gasteiger partial charge in [0.1, 0.15) is 22.7 Å². The van der Waals surface area contributed by atoms with E-state index in [9.17, 15) is 19.5 Å². The summed E-state index contributed by atoms with van der Waals surface area (Å²) in [7, 11) is 0. The molecule has 0 radical (unpaired) electrons. The number of amides is 2. The van der Waals surface area contributed by atoms with Crippen LogP contribution in [-0.4, -0.2) is 39.7 Å². The van der Waals surface area contributed by atoms with Crippen molar-refractivity contribution in [2.75, 3.05) is 0 Å². The van der Waals surface area contributed by atoms with Crippen molar-refractivity contribution in [2.24, 2.45) is 5.92 Å². The molecule has 1 fully saturated rings. The topological polar surface area (TPSA) is 109 Å². The Hall–Kier alpha value is -3.00. The van der Waals surface area contributed by atoms with E-state index in [0.29, 0.717) is 24.8 Å². The fourth-order valence-electron chi connectivity index (χ4n) is 4.89. The molecule has 8 heteroatoms. The molecule has 3 aromatic rings. The molecule has 35 heavy (non-hydrogen) atoms. The molecule has 1 heterocycles. The fraction of sp³-hybridized carbons (Fsp3) is 0.444. The first-order chi connectivity index (χ1) is 16.7. The van der Waals surface area contributed by atoms with Crippen molar-refractivity contribution in [3.8, 4) is 0 Å². The predicted molar refractivity (Wildman–Crippen MR) is 139 cm³/mol. The zero-order valence-corrected chi connectivity index (χ0v) is 20.9. The Morgan fingerprint density at radius 2 is 1.74 bits per heavy atom. The van der Waals surface area contributed by atoms with E-state index in [2.05, 4.69) is 23.3 Å². The van der Waals surface area contributed by atoms with E-state index in [0.717, 1.165) is 34.8 Å². The number of furan rings is 1. The van der Waals surface area contributed by atoms with Crippen LogP contribution in [0.5, 0.6) is 0 Å². The largest absolute Gasteiger partial charge is 0.480 e. The lowest BCUT2D eigenvalue weighted by molar-refractivity contribution is -0.143. The molecule has 2 atom stereocenters.